The Balaban J connectivity index is 1.14. The van der Waals surface area contributed by atoms with E-state index in [1.54, 1.807) is 13.2 Å². The maximum Gasteiger partial charge on any atom is 0.610 e. The van der Waals surface area contributed by atoms with Crippen molar-refractivity contribution in [1.82, 2.24) is 9.99 Å². The molecule has 67 heavy (non-hydrogen) atoms. The first-order chi connectivity index (χ1) is 32.1. The topological polar surface area (TPSA) is 145 Å². The van der Waals surface area contributed by atoms with E-state index < -0.39 is 16.9 Å². The smallest absolute Gasteiger partial charge is 0.495 e. The lowest BCUT2D eigenvalue weighted by Crippen LogP contribution is -2.33. The first kappa shape index (κ1) is 48.9. The minimum absolute atomic E-state index is 0.273. The van der Waals surface area contributed by atoms with E-state index in [2.05, 4.69) is 44.9 Å². The number of benzene rings is 3. The third-order valence-electron chi connectivity index (χ3n) is 12.0. The number of halogens is 2. The Hall–Kier alpha value is -6.04. The van der Waals surface area contributed by atoms with E-state index in [9.17, 15) is 8.63 Å². The van der Waals surface area contributed by atoms with E-state index in [1.807, 2.05) is 90.9 Å². The molecular formula is C50H64BF2N7O6S. The summed E-state index contributed by atoms with van der Waals surface area (Å²) in [4.78, 5) is 8.58. The van der Waals surface area contributed by atoms with Crippen LogP contribution in [0.25, 0.3) is 11.3 Å². The second-order valence-corrected chi connectivity index (χ2v) is 19.0. The summed E-state index contributed by atoms with van der Waals surface area (Å²) in [6, 6.07) is 19.9. The molecule has 4 heterocycles. The summed E-state index contributed by atoms with van der Waals surface area (Å²) in [5.41, 5.74) is 16.3. The van der Waals surface area contributed by atoms with Crippen LogP contribution >= 0.6 is 10.3 Å². The molecule has 4 aromatic rings. The van der Waals surface area contributed by atoms with E-state index in [-0.39, 0.29) is 16.2 Å². The Morgan fingerprint density at radius 1 is 0.955 bits per heavy atom. The molecule has 6 N–H and O–H groups in total. The van der Waals surface area contributed by atoms with Crippen molar-refractivity contribution in [2.75, 3.05) is 88.0 Å². The van der Waals surface area contributed by atoms with Crippen LogP contribution in [0.4, 0.5) is 25.7 Å². The standard InChI is InChI=1S/C50H64BF2N7O6S/c1-10-56-41-14-11-32(2)23-44(41)64-19-17-58(18-20-65-46-24-33(3)12-15-43(46)59-29-50(59)30-62-21-22-63-38(8)66-31-50)42-16-13-39(27-45(42)61-9)40(54)28-60(55)47-26-35(5)49(67(47)51(52)53)37(7)48-34(4)25-36(6)57-48/h11-16,23-28,56-57H,8,10,17-22,29-31,54-55H2,1-7,9H3/b40-28-,49-37-. The molecule has 1 spiro atoms. The lowest BCUT2D eigenvalue weighted by Gasteiger charge is -2.28. The molecule has 7 rings (SSSR count). The van der Waals surface area contributed by atoms with Crippen molar-refractivity contribution in [3.05, 3.63) is 130 Å². The van der Waals surface area contributed by atoms with Gasteiger partial charge in [0.25, 0.3) is 5.95 Å². The van der Waals surface area contributed by atoms with Gasteiger partial charge in [-0.05, 0) is 131 Å². The molecule has 2 fully saturated rings. The second-order valence-electron chi connectivity index (χ2n) is 17.2. The summed E-state index contributed by atoms with van der Waals surface area (Å²) in [6.07, 6.45) is 3.21. The second kappa shape index (κ2) is 21.3. The number of aromatic nitrogens is 1. The normalized spacial score (nSPS) is 19.1. The lowest BCUT2D eigenvalue weighted by molar-refractivity contribution is 0.0308. The quantitative estimate of drug-likeness (QED) is 0.0264. The fraction of sp³-hybridized carbons (Fsp3) is 0.380. The van der Waals surface area contributed by atoms with Crippen molar-refractivity contribution < 1.29 is 37.1 Å². The number of hydrazine groups is 1. The van der Waals surface area contributed by atoms with Crippen LogP contribution in [-0.2, 0) is 14.2 Å². The van der Waals surface area contributed by atoms with Crippen molar-refractivity contribution in [3.63, 3.8) is 0 Å². The van der Waals surface area contributed by atoms with Gasteiger partial charge in [0.1, 0.15) is 49.2 Å². The molecule has 0 bridgehead atoms. The highest BCUT2D eigenvalue weighted by Gasteiger charge is 2.54. The van der Waals surface area contributed by atoms with Gasteiger partial charge in [0.15, 0.2) is 0 Å². The molecule has 3 aliphatic heterocycles. The SMILES string of the molecule is C=C1OCCOCC2(CO1)CN2c1ccc(C)cc1OCCN(CCOc1cc(C)ccc1NCC)c1ccc(/C(N)=C/N(N)C2=S(B(F)F)/C(=C(/C)c3[nH]c(C)cc3C)C(C)=C2)cc1OC. The fourth-order valence-corrected chi connectivity index (χ4v) is 10.6. The number of ether oxygens (including phenoxy) is 6. The zero-order valence-electron chi connectivity index (χ0n) is 39.9. The number of anilines is 3. The molecule has 3 aliphatic rings. The number of methoxy groups -OCH3 is 1. The van der Waals surface area contributed by atoms with Crippen molar-refractivity contribution in [2.45, 2.75) is 54.0 Å². The van der Waals surface area contributed by atoms with Crippen molar-refractivity contribution in [2.24, 2.45) is 11.6 Å². The van der Waals surface area contributed by atoms with Gasteiger partial charge in [0.05, 0.1) is 61.2 Å². The fourth-order valence-electron chi connectivity index (χ4n) is 8.61. The van der Waals surface area contributed by atoms with Crippen LogP contribution in [0.15, 0.2) is 95.9 Å². The Bertz CT molecular complexity index is 2600. The molecule has 17 heteroatoms. The molecule has 2 unspecified atom stereocenters. The zero-order chi connectivity index (χ0) is 48.0. The van der Waals surface area contributed by atoms with Gasteiger partial charge in [0.2, 0.25) is 0 Å². The van der Waals surface area contributed by atoms with Crippen molar-refractivity contribution in [3.8, 4) is 17.2 Å². The van der Waals surface area contributed by atoms with Crippen LogP contribution in [0.5, 0.6) is 17.2 Å². The average Bonchev–Trinajstić information content (AvgIpc) is 3.68. The zero-order valence-corrected chi connectivity index (χ0v) is 40.7. The Kier molecular flexibility index (Phi) is 15.5. The maximum absolute atomic E-state index is 15.0. The van der Waals surface area contributed by atoms with Gasteiger partial charge >= 0.3 is 6.55 Å². The highest BCUT2D eigenvalue weighted by molar-refractivity contribution is 8.40. The summed E-state index contributed by atoms with van der Waals surface area (Å²) in [5.74, 6) is 8.94. The molecule has 0 amide bonds. The summed E-state index contributed by atoms with van der Waals surface area (Å²) < 4.78 is 66.4. The molecule has 358 valence electrons. The summed E-state index contributed by atoms with van der Waals surface area (Å²) in [5, 5.41) is 4.61. The van der Waals surface area contributed by atoms with Gasteiger partial charge in [-0.3, -0.25) is 13.6 Å². The van der Waals surface area contributed by atoms with Crippen LogP contribution in [-0.4, -0.2) is 100.0 Å². The Morgan fingerprint density at radius 2 is 1.67 bits per heavy atom. The van der Waals surface area contributed by atoms with E-state index >= 15 is 0 Å². The van der Waals surface area contributed by atoms with E-state index in [0.29, 0.717) is 74.9 Å². The third-order valence-corrected chi connectivity index (χ3v) is 14.2. The van der Waals surface area contributed by atoms with E-state index in [1.165, 1.54) is 11.2 Å². The molecule has 1 aromatic heterocycles. The van der Waals surface area contributed by atoms with E-state index in [0.717, 1.165) is 80.9 Å². The highest BCUT2D eigenvalue weighted by Crippen LogP contribution is 2.47. The Morgan fingerprint density at radius 3 is 2.36 bits per heavy atom. The number of nitrogens with one attached hydrogen (secondary N) is 2. The number of rotatable bonds is 17. The van der Waals surface area contributed by atoms with Gasteiger partial charge in [-0.2, -0.15) is 0 Å². The van der Waals surface area contributed by atoms with Gasteiger partial charge < -0.3 is 54.3 Å². The van der Waals surface area contributed by atoms with Crippen LogP contribution in [0.1, 0.15) is 54.4 Å². The molecule has 2 saturated heterocycles. The summed E-state index contributed by atoms with van der Waals surface area (Å²) in [7, 11) is -0.00923. The van der Waals surface area contributed by atoms with Gasteiger partial charge in [0, 0.05) is 41.1 Å². The third kappa shape index (κ3) is 11.2. The van der Waals surface area contributed by atoms with Crippen molar-refractivity contribution >= 4 is 50.2 Å². The number of aromatic amines is 1. The highest BCUT2D eigenvalue weighted by atomic mass is 32.2. The monoisotopic (exact) mass is 939 g/mol. The van der Waals surface area contributed by atoms with Crippen LogP contribution < -0.4 is 40.9 Å². The van der Waals surface area contributed by atoms with Crippen LogP contribution in [0, 0.1) is 27.7 Å². The van der Waals surface area contributed by atoms with E-state index in [4.69, 9.17) is 40.0 Å². The molecule has 0 aliphatic carbocycles. The number of hydrogen-bond donors (Lipinski definition) is 4. The van der Waals surface area contributed by atoms with Crippen LogP contribution in [0.3, 0.4) is 0 Å². The molecule has 13 nitrogen and oxygen atoms in total. The summed E-state index contributed by atoms with van der Waals surface area (Å²) >= 11 is 0. The number of H-pyrrole nitrogens is 1. The molecule has 0 saturated carbocycles. The predicted molar refractivity (Wildman–Crippen MR) is 270 cm³/mol. The van der Waals surface area contributed by atoms with Gasteiger partial charge in [-0.15, -0.1) is 0 Å². The predicted octanol–water partition coefficient (Wildman–Crippen LogP) is 8.89. The number of allylic oxidation sites excluding steroid dienone is 2. The maximum atomic E-state index is 15.0. The van der Waals surface area contributed by atoms with Crippen molar-refractivity contribution in [1.29, 1.82) is 0 Å². The first-order valence-corrected chi connectivity index (χ1v) is 23.8. The average molecular weight is 940 g/mol. The number of aryl methyl sites for hydroxylation is 4. The van der Waals surface area contributed by atoms with Crippen LogP contribution in [0.2, 0.25) is 0 Å². The van der Waals surface area contributed by atoms with Gasteiger partial charge in [-0.1, -0.05) is 28.5 Å². The number of nitrogens with zero attached hydrogens (tertiary/aromatic N) is 3. The number of hydrogen-bond acceptors (Lipinski definition) is 12. The molecule has 3 aromatic carbocycles. The molecule has 2 atom stereocenters. The number of nitrogens with two attached hydrogens (primary N) is 2. The molecule has 0 radical (unpaired) electrons. The largest absolute Gasteiger partial charge is 0.610 e. The Labute approximate surface area is 396 Å². The first-order valence-electron chi connectivity index (χ1n) is 22.5. The minimum atomic E-state index is -2.68. The minimum Gasteiger partial charge on any atom is -0.495 e. The van der Waals surface area contributed by atoms with Gasteiger partial charge in [-0.25, -0.2) is 5.84 Å². The molecular weight excluding hydrogens is 875 g/mol. The lowest BCUT2D eigenvalue weighted by atomic mass is 10.1. The summed E-state index contributed by atoms with van der Waals surface area (Å²) in [6.45, 7) is 19.8.